The van der Waals surface area contributed by atoms with Crippen LogP contribution in [0.2, 0.25) is 0 Å². The summed E-state index contributed by atoms with van der Waals surface area (Å²) in [6.45, 7) is 7.26. The van der Waals surface area contributed by atoms with Crippen molar-refractivity contribution >= 4 is 24.3 Å². The molecular weight excluding hydrogens is 316 g/mol. The average Bonchev–Trinajstić information content (AvgIpc) is 2.56. The maximum absolute atomic E-state index is 11.7. The Labute approximate surface area is 144 Å². The number of anilines is 1. The minimum absolute atomic E-state index is 0. The first kappa shape index (κ1) is 19.6. The Kier molecular flexibility index (Phi) is 8.83. The zero-order valence-corrected chi connectivity index (χ0v) is 14.5. The second-order valence-electron chi connectivity index (χ2n) is 5.56. The van der Waals surface area contributed by atoms with Crippen molar-refractivity contribution < 1.29 is 4.79 Å². The Hall–Kier alpha value is -1.44. The van der Waals surface area contributed by atoms with Crippen LogP contribution < -0.4 is 16.0 Å². The summed E-state index contributed by atoms with van der Waals surface area (Å²) in [6, 6.07) is 1.45. The summed E-state index contributed by atoms with van der Waals surface area (Å²) in [5, 5.41) is 2.91. The lowest BCUT2D eigenvalue weighted by molar-refractivity contribution is -0.122. The van der Waals surface area contributed by atoms with Crippen LogP contribution in [0.5, 0.6) is 0 Å². The summed E-state index contributed by atoms with van der Waals surface area (Å²) in [7, 11) is 0. The van der Waals surface area contributed by atoms with Crippen LogP contribution in [0.15, 0.2) is 18.5 Å². The molecule has 1 saturated heterocycles. The van der Waals surface area contributed by atoms with Gasteiger partial charge in [-0.05, 0) is 12.5 Å². The number of carbonyl (C=O) groups is 1. The van der Waals surface area contributed by atoms with Crippen LogP contribution in [0.3, 0.4) is 0 Å². The van der Waals surface area contributed by atoms with E-state index in [-0.39, 0.29) is 24.4 Å². The lowest BCUT2D eigenvalue weighted by atomic mass is 10.2. The molecule has 1 atom stereocenters. The third-order valence-electron chi connectivity index (χ3n) is 3.87. The van der Waals surface area contributed by atoms with Crippen LogP contribution >= 0.6 is 12.4 Å². The lowest BCUT2D eigenvalue weighted by Crippen LogP contribution is -2.50. The van der Waals surface area contributed by atoms with Crippen LogP contribution in [-0.4, -0.2) is 66.1 Å². The van der Waals surface area contributed by atoms with Gasteiger partial charge in [0.15, 0.2) is 0 Å². The normalized spacial score (nSPS) is 16.5. The average molecular weight is 343 g/mol. The van der Waals surface area contributed by atoms with Crippen molar-refractivity contribution in [2.24, 2.45) is 5.73 Å². The molecule has 1 aliphatic rings. The second kappa shape index (κ2) is 10.4. The number of rotatable bonds is 7. The smallest absolute Gasteiger partial charge is 0.236 e. The van der Waals surface area contributed by atoms with Gasteiger partial charge in [0.1, 0.15) is 0 Å². The van der Waals surface area contributed by atoms with E-state index in [9.17, 15) is 4.79 Å². The number of nitrogens with zero attached hydrogens (tertiary/aromatic N) is 4. The van der Waals surface area contributed by atoms with E-state index in [1.54, 1.807) is 12.4 Å². The van der Waals surface area contributed by atoms with Crippen molar-refractivity contribution in [1.82, 2.24) is 20.2 Å². The summed E-state index contributed by atoms with van der Waals surface area (Å²) < 4.78 is 0. The molecule has 1 aromatic heterocycles. The van der Waals surface area contributed by atoms with Gasteiger partial charge in [0, 0.05) is 51.7 Å². The fourth-order valence-corrected chi connectivity index (χ4v) is 2.54. The highest BCUT2D eigenvalue weighted by atomic mass is 35.5. The van der Waals surface area contributed by atoms with Crippen molar-refractivity contribution in [1.29, 1.82) is 0 Å². The molecule has 2 heterocycles. The summed E-state index contributed by atoms with van der Waals surface area (Å²) >= 11 is 0. The molecular formula is C15H27ClN6O. The Morgan fingerprint density at radius 2 is 1.96 bits per heavy atom. The summed E-state index contributed by atoms with van der Waals surface area (Å²) in [5.41, 5.74) is 5.78. The predicted molar refractivity (Wildman–Crippen MR) is 93.8 cm³/mol. The molecule has 0 saturated carbocycles. The monoisotopic (exact) mass is 342 g/mol. The van der Waals surface area contributed by atoms with Gasteiger partial charge in [0.25, 0.3) is 0 Å². The van der Waals surface area contributed by atoms with Crippen LogP contribution in [0, 0.1) is 0 Å². The highest BCUT2D eigenvalue weighted by molar-refractivity contribution is 5.85. The van der Waals surface area contributed by atoms with Gasteiger partial charge in [-0.1, -0.05) is 13.3 Å². The molecule has 0 aromatic carbocycles. The first-order valence-corrected chi connectivity index (χ1v) is 7.98. The van der Waals surface area contributed by atoms with Gasteiger partial charge in [-0.25, -0.2) is 9.97 Å². The van der Waals surface area contributed by atoms with E-state index in [1.165, 1.54) is 0 Å². The highest BCUT2D eigenvalue weighted by Gasteiger charge is 2.18. The van der Waals surface area contributed by atoms with E-state index in [1.807, 2.05) is 13.0 Å². The van der Waals surface area contributed by atoms with E-state index in [0.717, 1.165) is 51.5 Å². The van der Waals surface area contributed by atoms with Crippen LogP contribution in [0.4, 0.5) is 5.95 Å². The van der Waals surface area contributed by atoms with Crippen molar-refractivity contribution in [2.45, 2.75) is 25.8 Å². The molecule has 8 heteroatoms. The maximum Gasteiger partial charge on any atom is 0.236 e. The molecule has 1 aromatic rings. The Bertz CT molecular complexity index is 453. The number of aromatic nitrogens is 2. The topological polar surface area (TPSA) is 87.4 Å². The number of nitrogens with one attached hydrogen (secondary N) is 1. The van der Waals surface area contributed by atoms with E-state index in [2.05, 4.69) is 25.1 Å². The molecule has 1 unspecified atom stereocenters. The molecule has 0 radical (unpaired) electrons. The van der Waals surface area contributed by atoms with Crippen molar-refractivity contribution in [3.05, 3.63) is 18.5 Å². The second-order valence-corrected chi connectivity index (χ2v) is 5.56. The molecule has 3 N–H and O–H groups in total. The molecule has 1 fully saturated rings. The van der Waals surface area contributed by atoms with E-state index >= 15 is 0 Å². The number of carbonyl (C=O) groups excluding carboxylic acids is 1. The molecule has 1 amide bonds. The fourth-order valence-electron chi connectivity index (χ4n) is 2.54. The maximum atomic E-state index is 11.7. The number of hydrogen-bond acceptors (Lipinski definition) is 6. The van der Waals surface area contributed by atoms with Crippen LogP contribution in [0.1, 0.15) is 19.8 Å². The zero-order chi connectivity index (χ0) is 15.8. The van der Waals surface area contributed by atoms with Gasteiger partial charge in [-0.15, -0.1) is 12.4 Å². The van der Waals surface area contributed by atoms with Crippen molar-refractivity contribution in [3.8, 4) is 0 Å². The minimum Gasteiger partial charge on any atom is -0.353 e. The van der Waals surface area contributed by atoms with Crippen molar-refractivity contribution in [2.75, 3.05) is 44.2 Å². The summed E-state index contributed by atoms with van der Waals surface area (Å²) in [6.07, 6.45) is 5.20. The highest BCUT2D eigenvalue weighted by Crippen LogP contribution is 2.09. The number of hydrogen-bond donors (Lipinski definition) is 2. The van der Waals surface area contributed by atoms with E-state index < -0.39 is 0 Å². The van der Waals surface area contributed by atoms with Crippen molar-refractivity contribution in [3.63, 3.8) is 0 Å². The standard InChI is InChI=1S/C15H26N6O.ClH/c1-2-4-13(16)14(22)17-7-8-20-9-11-21(12-10-20)15-18-5-3-6-19-15;/h3,5-6,13H,2,4,7-12,16H2,1H3,(H,17,22);1H. The quantitative estimate of drug-likeness (QED) is 0.739. The molecule has 0 aliphatic carbocycles. The molecule has 23 heavy (non-hydrogen) atoms. The molecule has 7 nitrogen and oxygen atoms in total. The van der Waals surface area contributed by atoms with Gasteiger partial charge in [-0.2, -0.15) is 0 Å². The first-order chi connectivity index (χ1) is 10.7. The zero-order valence-electron chi connectivity index (χ0n) is 13.6. The fraction of sp³-hybridized carbons (Fsp3) is 0.667. The molecule has 0 bridgehead atoms. The van der Waals surface area contributed by atoms with Gasteiger partial charge in [0.2, 0.25) is 11.9 Å². The summed E-state index contributed by atoms with van der Waals surface area (Å²) in [5.74, 6) is 0.749. The van der Waals surface area contributed by atoms with Crippen LogP contribution in [0.25, 0.3) is 0 Å². The van der Waals surface area contributed by atoms with E-state index in [4.69, 9.17) is 5.73 Å². The molecule has 2 rings (SSSR count). The predicted octanol–water partition coefficient (Wildman–Crippen LogP) is 0.264. The van der Waals surface area contributed by atoms with Crippen LogP contribution in [-0.2, 0) is 4.79 Å². The number of halogens is 1. The number of nitrogens with two attached hydrogens (primary N) is 1. The third-order valence-corrected chi connectivity index (χ3v) is 3.87. The van der Waals surface area contributed by atoms with Gasteiger partial charge in [-0.3, -0.25) is 9.69 Å². The Morgan fingerprint density at radius 1 is 1.30 bits per heavy atom. The third kappa shape index (κ3) is 6.29. The van der Waals surface area contributed by atoms with E-state index in [0.29, 0.717) is 6.54 Å². The number of amides is 1. The largest absolute Gasteiger partial charge is 0.353 e. The summed E-state index contributed by atoms with van der Waals surface area (Å²) in [4.78, 5) is 24.8. The SMILES string of the molecule is CCCC(N)C(=O)NCCN1CCN(c2ncccn2)CC1.Cl. The first-order valence-electron chi connectivity index (χ1n) is 7.98. The van der Waals surface area contributed by atoms with Gasteiger partial charge < -0.3 is 16.0 Å². The Morgan fingerprint density at radius 3 is 2.57 bits per heavy atom. The number of piperazine rings is 1. The molecule has 0 spiro atoms. The minimum atomic E-state index is -0.378. The molecule has 130 valence electrons. The van der Waals surface area contributed by atoms with Gasteiger partial charge >= 0.3 is 0 Å². The lowest BCUT2D eigenvalue weighted by Gasteiger charge is -2.34. The molecule has 1 aliphatic heterocycles. The Balaban J connectivity index is 0.00000264. The van der Waals surface area contributed by atoms with Gasteiger partial charge in [0.05, 0.1) is 6.04 Å².